The van der Waals surface area contributed by atoms with Crippen LogP contribution in [-0.2, 0) is 14.8 Å². The van der Waals surface area contributed by atoms with Gasteiger partial charge < -0.3 is 9.80 Å². The van der Waals surface area contributed by atoms with Gasteiger partial charge in [-0.1, -0.05) is 18.2 Å². The molecular weight excluding hydrogens is 390 g/mol. The summed E-state index contributed by atoms with van der Waals surface area (Å²) in [5.41, 5.74) is 0. The van der Waals surface area contributed by atoms with Crippen LogP contribution in [0.4, 0.5) is 5.95 Å². The smallest absolute Gasteiger partial charge is 0.243 e. The Morgan fingerprint density at radius 3 is 2.31 bits per heavy atom. The number of amides is 1. The highest BCUT2D eigenvalue weighted by atomic mass is 32.2. The van der Waals surface area contributed by atoms with Crippen LogP contribution in [-0.4, -0.2) is 72.8 Å². The molecule has 0 bridgehead atoms. The van der Waals surface area contributed by atoms with Crippen LogP contribution in [0.15, 0.2) is 53.7 Å². The molecule has 0 spiro atoms. The highest BCUT2D eigenvalue weighted by Gasteiger charge is 2.35. The van der Waals surface area contributed by atoms with Gasteiger partial charge in [0, 0.05) is 51.7 Å². The molecule has 1 atom stereocenters. The maximum absolute atomic E-state index is 13.1. The molecule has 1 aromatic carbocycles. The molecule has 8 nitrogen and oxygen atoms in total. The normalized spacial score (nSPS) is 21.2. The number of aromatic nitrogens is 2. The quantitative estimate of drug-likeness (QED) is 0.746. The minimum Gasteiger partial charge on any atom is -0.339 e. The molecule has 0 saturated carbocycles. The molecule has 4 rings (SSSR count). The van der Waals surface area contributed by atoms with Gasteiger partial charge in [-0.25, -0.2) is 18.4 Å². The van der Waals surface area contributed by atoms with E-state index in [0.29, 0.717) is 45.1 Å². The lowest BCUT2D eigenvalue weighted by atomic mass is 9.98. The van der Waals surface area contributed by atoms with E-state index in [0.717, 1.165) is 6.42 Å². The summed E-state index contributed by atoms with van der Waals surface area (Å²) < 4.78 is 27.3. The van der Waals surface area contributed by atoms with E-state index >= 15 is 0 Å². The topological polar surface area (TPSA) is 86.7 Å². The zero-order valence-electron chi connectivity index (χ0n) is 16.2. The highest BCUT2D eigenvalue weighted by Crippen LogP contribution is 2.25. The third kappa shape index (κ3) is 4.25. The molecule has 3 heterocycles. The lowest BCUT2D eigenvalue weighted by molar-refractivity contribution is -0.137. The summed E-state index contributed by atoms with van der Waals surface area (Å²) >= 11 is 0. The van der Waals surface area contributed by atoms with E-state index in [2.05, 4.69) is 14.9 Å². The second kappa shape index (κ2) is 8.46. The van der Waals surface area contributed by atoms with Crippen molar-refractivity contribution in [1.82, 2.24) is 19.2 Å². The van der Waals surface area contributed by atoms with Crippen LogP contribution in [0.3, 0.4) is 0 Å². The van der Waals surface area contributed by atoms with Crippen LogP contribution in [0.5, 0.6) is 0 Å². The largest absolute Gasteiger partial charge is 0.339 e. The molecule has 2 aliphatic rings. The number of rotatable bonds is 4. The first kappa shape index (κ1) is 19.8. The van der Waals surface area contributed by atoms with Crippen LogP contribution < -0.4 is 4.90 Å². The molecule has 0 radical (unpaired) electrons. The number of nitrogens with zero attached hydrogens (tertiary/aromatic N) is 5. The van der Waals surface area contributed by atoms with Crippen LogP contribution in [0.25, 0.3) is 0 Å². The van der Waals surface area contributed by atoms with Gasteiger partial charge in [0.25, 0.3) is 0 Å². The van der Waals surface area contributed by atoms with Crippen molar-refractivity contribution in [3.05, 3.63) is 48.8 Å². The zero-order chi connectivity index (χ0) is 20.3. The third-order valence-electron chi connectivity index (χ3n) is 5.54. The molecule has 1 aromatic heterocycles. The fourth-order valence-corrected chi connectivity index (χ4v) is 5.49. The van der Waals surface area contributed by atoms with E-state index in [4.69, 9.17) is 0 Å². The van der Waals surface area contributed by atoms with Crippen LogP contribution >= 0.6 is 0 Å². The van der Waals surface area contributed by atoms with Gasteiger partial charge >= 0.3 is 0 Å². The number of carbonyl (C=O) groups excluding carboxylic acids is 1. The Morgan fingerprint density at radius 1 is 0.931 bits per heavy atom. The van der Waals surface area contributed by atoms with Crippen molar-refractivity contribution in [2.75, 3.05) is 44.2 Å². The predicted octanol–water partition coefficient (Wildman–Crippen LogP) is 1.23. The molecule has 2 aromatic rings. The van der Waals surface area contributed by atoms with Gasteiger partial charge in [0.2, 0.25) is 21.9 Å². The molecule has 0 N–H and O–H groups in total. The highest BCUT2D eigenvalue weighted by molar-refractivity contribution is 7.89. The minimum absolute atomic E-state index is 0.0478. The van der Waals surface area contributed by atoms with Gasteiger partial charge in [0.05, 0.1) is 10.8 Å². The molecule has 154 valence electrons. The van der Waals surface area contributed by atoms with Crippen molar-refractivity contribution in [3.63, 3.8) is 0 Å². The molecule has 1 unspecified atom stereocenters. The van der Waals surface area contributed by atoms with Gasteiger partial charge in [-0.2, -0.15) is 4.31 Å². The average Bonchev–Trinajstić information content (AvgIpc) is 2.80. The van der Waals surface area contributed by atoms with E-state index < -0.39 is 10.0 Å². The molecule has 29 heavy (non-hydrogen) atoms. The fraction of sp³-hybridized carbons (Fsp3) is 0.450. The van der Waals surface area contributed by atoms with Gasteiger partial charge in [0.1, 0.15) is 0 Å². The number of carbonyl (C=O) groups is 1. The van der Waals surface area contributed by atoms with Gasteiger partial charge in [-0.15, -0.1) is 0 Å². The minimum atomic E-state index is -3.57. The summed E-state index contributed by atoms with van der Waals surface area (Å²) in [6, 6.07) is 10.2. The number of hydrogen-bond acceptors (Lipinski definition) is 6. The summed E-state index contributed by atoms with van der Waals surface area (Å²) in [6.07, 6.45) is 4.84. The Morgan fingerprint density at radius 2 is 1.62 bits per heavy atom. The van der Waals surface area contributed by atoms with Crippen molar-refractivity contribution in [2.45, 2.75) is 17.7 Å². The van der Waals surface area contributed by atoms with E-state index in [1.165, 1.54) is 4.31 Å². The van der Waals surface area contributed by atoms with Crippen LogP contribution in [0, 0.1) is 5.92 Å². The van der Waals surface area contributed by atoms with E-state index in [9.17, 15) is 13.2 Å². The first-order valence-corrected chi connectivity index (χ1v) is 11.4. The average molecular weight is 416 g/mol. The number of sulfonamides is 1. The maximum Gasteiger partial charge on any atom is 0.243 e. The SMILES string of the molecule is O=C(C1CCCN(S(=O)(=O)c2ccccc2)C1)N1CCN(c2ncccn2)CC1. The van der Waals surface area contributed by atoms with Crippen LogP contribution in [0.1, 0.15) is 12.8 Å². The van der Waals surface area contributed by atoms with E-state index in [1.807, 2.05) is 4.90 Å². The Kier molecular flexibility index (Phi) is 5.77. The van der Waals surface area contributed by atoms with Crippen molar-refractivity contribution in [3.8, 4) is 0 Å². The lowest BCUT2D eigenvalue weighted by Gasteiger charge is -2.38. The maximum atomic E-state index is 13.1. The Balaban J connectivity index is 1.38. The predicted molar refractivity (Wildman–Crippen MR) is 109 cm³/mol. The first-order chi connectivity index (χ1) is 14.1. The first-order valence-electron chi connectivity index (χ1n) is 9.91. The Hall–Kier alpha value is -2.52. The van der Waals surface area contributed by atoms with Crippen LogP contribution in [0.2, 0.25) is 0 Å². The molecule has 0 aliphatic carbocycles. The second-order valence-electron chi connectivity index (χ2n) is 7.38. The number of piperidine rings is 1. The standard InChI is InChI=1S/C20H25N5O3S/c26-19(23-12-14-24(15-13-23)20-21-9-5-10-22-20)17-6-4-11-25(16-17)29(27,28)18-7-2-1-3-8-18/h1-3,5,7-10,17H,4,6,11-16H2. The Labute approximate surface area is 171 Å². The number of anilines is 1. The molecule has 2 aliphatic heterocycles. The summed E-state index contributed by atoms with van der Waals surface area (Å²) in [5, 5.41) is 0. The number of benzene rings is 1. The lowest BCUT2D eigenvalue weighted by Crippen LogP contribution is -2.53. The summed E-state index contributed by atoms with van der Waals surface area (Å²) in [5.74, 6) is 0.436. The molecular formula is C20H25N5O3S. The van der Waals surface area contributed by atoms with Gasteiger partial charge in [0.15, 0.2) is 0 Å². The van der Waals surface area contributed by atoms with Crippen molar-refractivity contribution in [1.29, 1.82) is 0 Å². The number of piperazine rings is 1. The van der Waals surface area contributed by atoms with Crippen molar-refractivity contribution >= 4 is 21.9 Å². The third-order valence-corrected chi connectivity index (χ3v) is 7.42. The molecule has 2 fully saturated rings. The summed E-state index contributed by atoms with van der Waals surface area (Å²) in [6.45, 7) is 3.25. The Bertz CT molecular complexity index is 931. The molecule has 9 heteroatoms. The van der Waals surface area contributed by atoms with E-state index in [1.54, 1.807) is 48.8 Å². The molecule has 2 saturated heterocycles. The molecule has 1 amide bonds. The monoisotopic (exact) mass is 415 g/mol. The second-order valence-corrected chi connectivity index (χ2v) is 9.31. The van der Waals surface area contributed by atoms with E-state index in [-0.39, 0.29) is 23.3 Å². The zero-order valence-corrected chi connectivity index (χ0v) is 17.0. The van der Waals surface area contributed by atoms with Gasteiger partial charge in [-0.05, 0) is 31.0 Å². The van der Waals surface area contributed by atoms with Gasteiger partial charge in [-0.3, -0.25) is 4.79 Å². The summed E-state index contributed by atoms with van der Waals surface area (Å²) in [4.78, 5) is 25.8. The fourth-order valence-electron chi connectivity index (χ4n) is 3.94. The van der Waals surface area contributed by atoms with Crippen molar-refractivity contribution < 1.29 is 13.2 Å². The summed E-state index contributed by atoms with van der Waals surface area (Å²) in [7, 11) is -3.57. The van der Waals surface area contributed by atoms with Crippen molar-refractivity contribution in [2.24, 2.45) is 5.92 Å². The number of hydrogen-bond donors (Lipinski definition) is 0.